The van der Waals surface area contributed by atoms with Crippen molar-refractivity contribution in [3.05, 3.63) is 0 Å². The third-order valence-electron chi connectivity index (χ3n) is 27.6. The fourth-order valence-electron chi connectivity index (χ4n) is 18.9. The molecule has 1 amide bonds. The van der Waals surface area contributed by atoms with Crippen LogP contribution in [-0.2, 0) is 123 Å². The summed E-state index contributed by atoms with van der Waals surface area (Å²) in [7, 11) is 0. The first kappa shape index (κ1) is 121. The lowest BCUT2D eigenvalue weighted by Crippen LogP contribution is -2.69. The molecule has 0 spiro atoms. The number of carbonyl (C=O) groups excluding carboxylic acids is 1. The lowest BCUT2D eigenvalue weighted by Gasteiger charge is -2.51. The maximum absolute atomic E-state index is 13.1. The molecule has 0 unspecified atom stereocenters. The van der Waals surface area contributed by atoms with E-state index < -0.39 is 491 Å². The van der Waals surface area contributed by atoms with Crippen LogP contribution in [0.15, 0.2) is 0 Å². The van der Waals surface area contributed by atoms with Gasteiger partial charge in [-0.05, 0) is 0 Å². The number of nitrogens with one attached hydrogen (secondary N) is 1. The van der Waals surface area contributed by atoms with Crippen LogP contribution in [0.1, 0.15) is 6.92 Å². The minimum Gasteiger partial charge on any atom is -0.394 e. The van der Waals surface area contributed by atoms with Crippen molar-refractivity contribution in [3.63, 3.8) is 0 Å². The molecule has 13 fully saturated rings. The van der Waals surface area contributed by atoms with Gasteiger partial charge in [-0.3, -0.25) is 4.79 Å². The average Bonchev–Trinajstić information content (AvgIpc) is 0.754. The van der Waals surface area contributed by atoms with E-state index in [0.29, 0.717) is 0 Å². The van der Waals surface area contributed by atoms with Crippen LogP contribution >= 0.6 is 0 Å². The Morgan fingerprint density at radius 2 is 0.361 bits per heavy atom. The van der Waals surface area contributed by atoms with Gasteiger partial charge in [-0.25, -0.2) is 0 Å². The minimum atomic E-state index is -2.81. The van der Waals surface area contributed by atoms with E-state index in [-0.39, 0.29) is 0 Å². The van der Waals surface area contributed by atoms with Crippen LogP contribution < -0.4 is 5.32 Å². The Morgan fingerprint density at radius 3 is 0.653 bits per heavy atom. The molecular formula is C80H135NO66. The van der Waals surface area contributed by atoms with Crippen molar-refractivity contribution in [2.24, 2.45) is 0 Å². The molecule has 13 aliphatic heterocycles. The summed E-state index contributed by atoms with van der Waals surface area (Å²) in [6, 6.07) is -1.94. The van der Waals surface area contributed by atoms with Crippen LogP contribution in [0.4, 0.5) is 0 Å². The van der Waals surface area contributed by atoms with Gasteiger partial charge >= 0.3 is 0 Å². The molecule has 0 aliphatic carbocycles. The zero-order valence-corrected chi connectivity index (χ0v) is 77.2. The monoisotopic (exact) mass is 2170 g/mol. The molecule has 65 atom stereocenters. The van der Waals surface area contributed by atoms with Gasteiger partial charge < -0.3 is 328 Å². The third kappa shape index (κ3) is 25.7. The predicted molar refractivity (Wildman–Crippen MR) is 439 cm³/mol. The van der Waals surface area contributed by atoms with E-state index in [9.17, 15) is 209 Å². The lowest BCUT2D eigenvalue weighted by molar-refractivity contribution is -0.413. The van der Waals surface area contributed by atoms with Gasteiger partial charge in [-0.2, -0.15) is 0 Å². The summed E-state index contributed by atoms with van der Waals surface area (Å²) in [6.07, 6.45) is -146. The van der Waals surface area contributed by atoms with Crippen molar-refractivity contribution in [1.82, 2.24) is 5.32 Å². The van der Waals surface area contributed by atoms with Crippen LogP contribution in [0.3, 0.4) is 0 Å². The highest BCUT2D eigenvalue weighted by Gasteiger charge is 2.64. The first-order valence-corrected chi connectivity index (χ1v) is 46.7. The number of carbonyl (C=O) groups is 1. The third-order valence-corrected chi connectivity index (χ3v) is 27.6. The lowest BCUT2D eigenvalue weighted by atomic mass is 9.94. The highest BCUT2D eigenvalue weighted by molar-refractivity contribution is 5.73. The van der Waals surface area contributed by atoms with Gasteiger partial charge in [0, 0.05) is 6.92 Å². The summed E-state index contributed by atoms with van der Waals surface area (Å²) in [6.45, 7) is -14.7. The summed E-state index contributed by atoms with van der Waals surface area (Å²) >= 11 is 0. The molecule has 147 heavy (non-hydrogen) atoms. The van der Waals surface area contributed by atoms with E-state index in [0.717, 1.165) is 6.92 Å². The van der Waals surface area contributed by atoms with Gasteiger partial charge in [0.05, 0.1) is 85.9 Å². The molecule has 13 saturated heterocycles. The largest absolute Gasteiger partial charge is 0.394 e. The molecule has 0 aromatic heterocycles. The van der Waals surface area contributed by atoms with E-state index in [1.54, 1.807) is 0 Å². The topological polar surface area (TPSA) is 1070 Å². The zero-order valence-electron chi connectivity index (χ0n) is 77.2. The van der Waals surface area contributed by atoms with Gasteiger partial charge in [0.1, 0.15) is 317 Å². The van der Waals surface area contributed by atoms with Crippen LogP contribution in [0.2, 0.25) is 0 Å². The molecule has 856 valence electrons. The van der Waals surface area contributed by atoms with E-state index in [2.05, 4.69) is 5.32 Å². The molecule has 13 rings (SSSR count). The Labute approximate surface area is 828 Å². The SMILES string of the molecule is CC(=O)N[C@@H]1[C@@H](O)[C@H](O[C@@H]2O[C@H](CO[C@H]3O[C@H](CO[C@H]4O[C@H](CO)[C@@H](O)[C@H](O)[C@@H]4O[C@H]4O[C@H](CO)[C@@H](O)[C@H](O[C@H]5O[C@H](CO)[C@@H](O)[C@H](O)[C@@H]5O)[C@@H]4O)[C@@H](O)[C@H](O[C@H]4O[C@H](CO)[C@@H](O)[C@H](O)[C@@H]4O)[C@@H]3O)[C@@H](O)[C@H](O[C@H]3O[C@H](CO[C@H]4O[C@H](CO)[C@@H](O)[C@H](O)[C@@H]4O[C@H]4O[C@H](CO)[C@@H](O)[C@H](O)[C@@H]4O)[C@@H](O)[C@@H](O)[C@@H]3O[C@H]3O[C@H](CO)[C@@H](O)[C@H](O)[C@@H]3O[C@H]3O[C@H](CO)[C@@H](O)[C@H](O[C@H]4O[C@H](CO)[C@@H](O)[C@H](O)[C@@H]4O)[C@@H]3O)[C@@H]2O)[C@@H](CO)O[C@H]1O. The van der Waals surface area contributed by atoms with Crippen LogP contribution in [0.5, 0.6) is 0 Å². The van der Waals surface area contributed by atoms with Crippen molar-refractivity contribution in [1.29, 1.82) is 0 Å². The second-order valence-corrected chi connectivity index (χ2v) is 37.3. The molecule has 13 aliphatic rings. The van der Waals surface area contributed by atoms with Gasteiger partial charge in [-0.15, -0.1) is 0 Å². The Morgan fingerprint density at radius 1 is 0.177 bits per heavy atom. The van der Waals surface area contributed by atoms with Gasteiger partial charge in [0.25, 0.3) is 0 Å². The first-order chi connectivity index (χ1) is 69.7. The summed E-state index contributed by atoms with van der Waals surface area (Å²) < 4.78 is 147. The average molecular weight is 2170 g/mol. The van der Waals surface area contributed by atoms with Crippen LogP contribution in [0, 0.1) is 0 Å². The highest BCUT2D eigenvalue weighted by Crippen LogP contribution is 2.43. The Balaban J connectivity index is 0.852. The first-order valence-electron chi connectivity index (χ1n) is 46.7. The second-order valence-electron chi connectivity index (χ2n) is 37.3. The van der Waals surface area contributed by atoms with E-state index in [1.165, 1.54) is 0 Å². The van der Waals surface area contributed by atoms with Gasteiger partial charge in [0.15, 0.2) is 81.8 Å². The number of ether oxygens (including phenoxy) is 25. The van der Waals surface area contributed by atoms with Crippen LogP contribution in [-0.4, -0.2) is 695 Å². The Bertz CT molecular complexity index is 3940. The van der Waals surface area contributed by atoms with Crippen molar-refractivity contribution >= 4 is 5.91 Å². The maximum Gasteiger partial charge on any atom is 0.217 e. The highest BCUT2D eigenvalue weighted by atomic mass is 16.8. The van der Waals surface area contributed by atoms with Gasteiger partial charge in [-0.1, -0.05) is 0 Å². The summed E-state index contributed by atoms with van der Waals surface area (Å²) in [5, 5.41) is 451. The number of amides is 1. The molecule has 0 bridgehead atoms. The quantitative estimate of drug-likeness (QED) is 0.0273. The fraction of sp³-hybridized carbons (Fsp3) is 0.988. The minimum absolute atomic E-state index is 0.908. The Kier molecular flexibility index (Phi) is 43.2. The molecular weight excluding hydrogens is 2030 g/mol. The Hall–Kier alpha value is -3.13. The predicted octanol–water partition coefficient (Wildman–Crippen LogP) is -29.2. The summed E-state index contributed by atoms with van der Waals surface area (Å²) in [4.78, 5) is 12.6. The fourth-order valence-corrected chi connectivity index (χ4v) is 18.9. The molecule has 0 aromatic rings. The molecule has 0 saturated carbocycles. The molecule has 0 radical (unpaired) electrons. The molecule has 0 aromatic carbocycles. The maximum atomic E-state index is 13.1. The van der Waals surface area contributed by atoms with Crippen molar-refractivity contribution < 1.29 is 327 Å². The van der Waals surface area contributed by atoms with E-state index >= 15 is 0 Å². The molecule has 41 N–H and O–H groups in total. The van der Waals surface area contributed by atoms with Crippen molar-refractivity contribution in [3.8, 4) is 0 Å². The summed E-state index contributed by atoms with van der Waals surface area (Å²) in [5.74, 6) is -0.961. The smallest absolute Gasteiger partial charge is 0.217 e. The van der Waals surface area contributed by atoms with E-state index in [4.69, 9.17) is 118 Å². The number of hydrogen-bond acceptors (Lipinski definition) is 66. The van der Waals surface area contributed by atoms with Gasteiger partial charge in [0.2, 0.25) is 5.91 Å². The van der Waals surface area contributed by atoms with Crippen LogP contribution in [0.25, 0.3) is 0 Å². The number of aliphatic hydroxyl groups is 40. The van der Waals surface area contributed by atoms with Crippen molar-refractivity contribution in [2.45, 2.75) is 406 Å². The zero-order chi connectivity index (χ0) is 108. The second kappa shape index (κ2) is 52.6. The standard InChI is InChI=1S/C80H135NO66/c1-15(92)81-29-42(105)59(25(11-91)126-68(29)122)139-76-58(121)63(41(104)28(137-76)13-123-69-55(118)62(142-72-53(116)45(108)32(95)18(4-84)129-72)40(103)27(136-69)14-125-78-65(48(111)35(98)21(7-87)134-78)145-74-56(119)60(38(101)23(9-89)131-74)140-70-51(114)43(106)30(93)16(2-82)127-70)143-80-67(50(113)37(100)26(138-80)12-124-77-64(47(110)34(97)20(6-86)133-77)144-73-54(117)46(109)33(96)19(5-85)130-73)147-79-66(49(112)36(99)22(8-88)135-79)146-75-57(120)61(39(102)24(10-90)132-75)141-71-52(115)44(107)31(94)17(3-83)128-71/h16-80,82-91,93-122H,2-14H2,1H3,(H,81,92)/t16-,17-,18-,19-,20-,21-,22-,23-,24-,25-,26-,27-,28-,29-,30-,31-,32-,33-,34-,35-,36-,37-,38-,39-,40-,41-,42-,43+,44+,45+,46+,47+,48+,49+,50-,51+,52+,53+,54+,55+,56+,57+,58+,59-,60+,61+,62+,63+,64+,65+,66+,67+,68-,69+,70-,71-,72-,73-,74-,75-,76+,77+,78+,79-,80-/m1/s1. The normalized spacial score (nSPS) is 52.9. The number of aliphatic hydroxyl groups excluding tert-OH is 40. The van der Waals surface area contributed by atoms with Crippen molar-refractivity contribution in [2.75, 3.05) is 85.9 Å². The molecule has 67 nitrogen and oxygen atoms in total. The molecule has 67 heteroatoms. The summed E-state index contributed by atoms with van der Waals surface area (Å²) in [5.41, 5.74) is 0. The number of rotatable bonds is 38. The molecule has 13 heterocycles. The van der Waals surface area contributed by atoms with E-state index in [1.807, 2.05) is 0 Å². The number of hydrogen-bond donors (Lipinski definition) is 41.